The Balaban J connectivity index is 2.41. The average Bonchev–Trinajstić information content (AvgIpc) is 2.38. The van der Waals surface area contributed by atoms with Crippen molar-refractivity contribution in [3.05, 3.63) is 34.6 Å². The second kappa shape index (κ2) is 5.64. The predicted octanol–water partition coefficient (Wildman–Crippen LogP) is 3.19. The van der Waals surface area contributed by atoms with Gasteiger partial charge in [-0.15, -0.1) is 0 Å². The number of carbonyl (C=O) groups is 2. The van der Waals surface area contributed by atoms with Crippen LogP contribution in [0, 0.1) is 11.2 Å². The summed E-state index contributed by atoms with van der Waals surface area (Å²) >= 11 is 5.80. The van der Waals surface area contributed by atoms with E-state index in [0.717, 1.165) is 6.07 Å². The maximum Gasteiger partial charge on any atom is 0.326 e. The Bertz CT molecular complexity index is 588. The normalized spacial score (nSPS) is 21.1. The van der Waals surface area contributed by atoms with Crippen LogP contribution in [0.25, 0.3) is 0 Å². The topological polar surface area (TPSA) is 57.6 Å². The maximum absolute atomic E-state index is 13.8. The van der Waals surface area contributed by atoms with E-state index < -0.39 is 29.2 Å². The highest BCUT2D eigenvalue weighted by Crippen LogP contribution is 2.36. The molecule has 1 atom stereocenters. The van der Waals surface area contributed by atoms with Crippen LogP contribution in [0.2, 0.25) is 5.02 Å². The summed E-state index contributed by atoms with van der Waals surface area (Å²) in [6, 6.07) is 2.72. The van der Waals surface area contributed by atoms with Crippen LogP contribution in [0.1, 0.15) is 37.0 Å². The Labute approximate surface area is 127 Å². The first-order chi connectivity index (χ1) is 9.74. The zero-order valence-corrected chi connectivity index (χ0v) is 12.7. The number of aliphatic carboxylic acids is 1. The first kappa shape index (κ1) is 15.8. The van der Waals surface area contributed by atoms with Gasteiger partial charge in [-0.05, 0) is 36.5 Å². The molecule has 1 aromatic rings. The summed E-state index contributed by atoms with van der Waals surface area (Å²) in [5.41, 5.74) is -0.749. The summed E-state index contributed by atoms with van der Waals surface area (Å²) in [4.78, 5) is 25.3. The zero-order valence-electron chi connectivity index (χ0n) is 11.9. The molecule has 1 fully saturated rings. The van der Waals surface area contributed by atoms with Gasteiger partial charge in [0.1, 0.15) is 11.9 Å². The lowest BCUT2D eigenvalue weighted by Crippen LogP contribution is -2.56. The summed E-state index contributed by atoms with van der Waals surface area (Å²) < 4.78 is 13.8. The van der Waals surface area contributed by atoms with Crippen molar-refractivity contribution in [1.82, 2.24) is 4.90 Å². The molecule has 1 aliphatic rings. The van der Waals surface area contributed by atoms with Crippen molar-refractivity contribution >= 4 is 23.5 Å². The summed E-state index contributed by atoms with van der Waals surface area (Å²) in [5.74, 6) is -2.40. The van der Waals surface area contributed by atoms with Crippen molar-refractivity contribution in [3.63, 3.8) is 0 Å². The third-order valence-corrected chi connectivity index (χ3v) is 4.16. The van der Waals surface area contributed by atoms with Crippen LogP contribution in [-0.4, -0.2) is 34.5 Å². The molecule has 21 heavy (non-hydrogen) atoms. The predicted molar refractivity (Wildman–Crippen MR) is 76.9 cm³/mol. The average molecular weight is 314 g/mol. The van der Waals surface area contributed by atoms with Crippen molar-refractivity contribution in [2.45, 2.75) is 32.7 Å². The molecule has 1 aromatic carbocycles. The van der Waals surface area contributed by atoms with Crippen LogP contribution < -0.4 is 0 Å². The molecule has 1 unspecified atom stereocenters. The van der Waals surface area contributed by atoms with Crippen LogP contribution in [0.3, 0.4) is 0 Å². The Kier molecular flexibility index (Phi) is 4.23. The second-order valence-corrected chi connectivity index (χ2v) is 6.39. The van der Waals surface area contributed by atoms with Crippen molar-refractivity contribution in [2.24, 2.45) is 5.41 Å². The van der Waals surface area contributed by atoms with Crippen LogP contribution in [0.4, 0.5) is 4.39 Å². The first-order valence-electron chi connectivity index (χ1n) is 6.73. The number of benzene rings is 1. The van der Waals surface area contributed by atoms with Gasteiger partial charge in [0.15, 0.2) is 0 Å². The number of carboxylic acids is 1. The van der Waals surface area contributed by atoms with Gasteiger partial charge in [-0.3, -0.25) is 4.79 Å². The van der Waals surface area contributed by atoms with Gasteiger partial charge in [0, 0.05) is 11.6 Å². The number of hydrogen-bond acceptors (Lipinski definition) is 2. The number of carbonyl (C=O) groups excluding carboxylic acids is 1. The molecule has 1 heterocycles. The third-order valence-electron chi connectivity index (χ3n) is 3.93. The highest BCUT2D eigenvalue weighted by molar-refractivity contribution is 6.31. The van der Waals surface area contributed by atoms with E-state index in [1.54, 1.807) is 13.8 Å². The van der Waals surface area contributed by atoms with Crippen LogP contribution in [0.15, 0.2) is 18.2 Å². The van der Waals surface area contributed by atoms with Gasteiger partial charge in [0.25, 0.3) is 5.91 Å². The zero-order chi connectivity index (χ0) is 15.8. The van der Waals surface area contributed by atoms with E-state index in [0.29, 0.717) is 19.4 Å². The number of nitrogens with zero attached hydrogens (tertiary/aromatic N) is 1. The Morgan fingerprint density at radius 3 is 2.71 bits per heavy atom. The molecule has 114 valence electrons. The Hall–Kier alpha value is -1.62. The lowest BCUT2D eigenvalue weighted by atomic mass is 9.76. The van der Waals surface area contributed by atoms with Crippen LogP contribution in [-0.2, 0) is 4.79 Å². The van der Waals surface area contributed by atoms with Crippen LogP contribution in [0.5, 0.6) is 0 Å². The minimum Gasteiger partial charge on any atom is -0.480 e. The van der Waals surface area contributed by atoms with Crippen LogP contribution >= 0.6 is 11.6 Å². The molecule has 1 N–H and O–H groups in total. The van der Waals surface area contributed by atoms with E-state index in [1.807, 2.05) is 0 Å². The molecular weight excluding hydrogens is 297 g/mol. The lowest BCUT2D eigenvalue weighted by molar-refractivity contribution is -0.148. The molecule has 1 amide bonds. The molecule has 0 aliphatic carbocycles. The van der Waals surface area contributed by atoms with E-state index in [-0.39, 0.29) is 10.6 Å². The fourth-order valence-electron chi connectivity index (χ4n) is 2.90. The highest BCUT2D eigenvalue weighted by atomic mass is 35.5. The van der Waals surface area contributed by atoms with Gasteiger partial charge in [-0.25, -0.2) is 9.18 Å². The van der Waals surface area contributed by atoms with Gasteiger partial charge < -0.3 is 10.0 Å². The Morgan fingerprint density at radius 2 is 2.10 bits per heavy atom. The minimum atomic E-state index is -1.07. The summed E-state index contributed by atoms with van der Waals surface area (Å²) in [7, 11) is 0. The molecule has 0 saturated carbocycles. The maximum atomic E-state index is 13.8. The first-order valence-corrected chi connectivity index (χ1v) is 7.10. The lowest BCUT2D eigenvalue weighted by Gasteiger charge is -2.44. The summed E-state index contributed by atoms with van der Waals surface area (Å²) in [6.45, 7) is 3.91. The molecule has 0 spiro atoms. The SMILES string of the molecule is CC1(C)CCCN(C(=O)c2cc(Cl)ccc2F)C1C(=O)O. The third kappa shape index (κ3) is 3.02. The van der Waals surface area contributed by atoms with Crippen molar-refractivity contribution in [1.29, 1.82) is 0 Å². The number of rotatable bonds is 2. The largest absolute Gasteiger partial charge is 0.480 e. The fourth-order valence-corrected chi connectivity index (χ4v) is 3.07. The molecule has 0 bridgehead atoms. The van der Waals surface area contributed by atoms with E-state index in [1.165, 1.54) is 17.0 Å². The molecule has 4 nitrogen and oxygen atoms in total. The fraction of sp³-hybridized carbons (Fsp3) is 0.467. The monoisotopic (exact) mass is 313 g/mol. The van der Waals surface area contributed by atoms with Gasteiger partial charge in [0.05, 0.1) is 5.56 Å². The standard InChI is InChI=1S/C15H17ClFNO3/c1-15(2)6-3-7-18(12(15)14(20)21)13(19)10-8-9(16)4-5-11(10)17/h4-5,8,12H,3,6-7H2,1-2H3,(H,20,21). The van der Waals surface area contributed by atoms with E-state index in [9.17, 15) is 19.1 Å². The number of halogens is 2. The molecule has 1 aliphatic heterocycles. The molecule has 2 rings (SSSR count). The quantitative estimate of drug-likeness (QED) is 0.912. The van der Waals surface area contributed by atoms with E-state index in [2.05, 4.69) is 0 Å². The molecule has 0 aromatic heterocycles. The van der Waals surface area contributed by atoms with Crippen molar-refractivity contribution in [2.75, 3.05) is 6.54 Å². The molecule has 1 saturated heterocycles. The minimum absolute atomic E-state index is 0.188. The van der Waals surface area contributed by atoms with Crippen molar-refractivity contribution < 1.29 is 19.1 Å². The molecule has 6 heteroatoms. The van der Waals surface area contributed by atoms with Crippen molar-refractivity contribution in [3.8, 4) is 0 Å². The van der Waals surface area contributed by atoms with Gasteiger partial charge >= 0.3 is 5.97 Å². The number of amides is 1. The number of likely N-dealkylation sites (tertiary alicyclic amines) is 1. The molecular formula is C15H17ClFNO3. The number of hydrogen-bond donors (Lipinski definition) is 1. The highest BCUT2D eigenvalue weighted by Gasteiger charge is 2.45. The second-order valence-electron chi connectivity index (χ2n) is 5.96. The van der Waals surface area contributed by atoms with E-state index in [4.69, 9.17) is 11.6 Å². The summed E-state index contributed by atoms with van der Waals surface area (Å²) in [6.07, 6.45) is 1.39. The smallest absolute Gasteiger partial charge is 0.326 e. The van der Waals surface area contributed by atoms with Gasteiger partial charge in [-0.1, -0.05) is 25.4 Å². The van der Waals surface area contributed by atoms with Gasteiger partial charge in [0.2, 0.25) is 0 Å². The number of piperidine rings is 1. The Morgan fingerprint density at radius 1 is 1.43 bits per heavy atom. The number of carboxylic acid groups (broad SMARTS) is 1. The van der Waals surface area contributed by atoms with E-state index >= 15 is 0 Å². The van der Waals surface area contributed by atoms with Gasteiger partial charge in [-0.2, -0.15) is 0 Å². The summed E-state index contributed by atoms with van der Waals surface area (Å²) in [5, 5.41) is 9.69. The molecule has 0 radical (unpaired) electrons.